The first-order valence-corrected chi connectivity index (χ1v) is 9.44. The molecule has 4 nitrogen and oxygen atoms in total. The van der Waals surface area contributed by atoms with Crippen LogP contribution in [0.1, 0.15) is 28.2 Å². The van der Waals surface area contributed by atoms with Gasteiger partial charge in [0, 0.05) is 11.5 Å². The first kappa shape index (κ1) is 19.2. The number of benzene rings is 3. The van der Waals surface area contributed by atoms with Gasteiger partial charge in [0.15, 0.2) is 0 Å². The van der Waals surface area contributed by atoms with Crippen LogP contribution >= 0.6 is 0 Å². The van der Waals surface area contributed by atoms with E-state index in [2.05, 4.69) is 41.4 Å². The summed E-state index contributed by atoms with van der Waals surface area (Å²) in [6.07, 6.45) is -0.578. The van der Waals surface area contributed by atoms with Crippen molar-refractivity contribution in [2.24, 2.45) is 0 Å². The Hall–Kier alpha value is -4.09. The number of fused-ring (bicyclic) bond motifs is 3. The third kappa shape index (κ3) is 3.87. The molecule has 0 saturated heterocycles. The van der Waals surface area contributed by atoms with Gasteiger partial charge in [-0.25, -0.2) is 9.18 Å². The molecule has 0 saturated carbocycles. The molecule has 146 valence electrons. The van der Waals surface area contributed by atoms with Crippen molar-refractivity contribution >= 4 is 6.09 Å². The van der Waals surface area contributed by atoms with Gasteiger partial charge in [-0.05, 0) is 40.5 Å². The van der Waals surface area contributed by atoms with Crippen molar-refractivity contribution in [1.29, 1.82) is 5.26 Å². The van der Waals surface area contributed by atoms with Crippen LogP contribution in [-0.4, -0.2) is 19.2 Å². The number of alkyl carbamates (subject to hydrolysis) is 1. The topological polar surface area (TPSA) is 62.1 Å². The summed E-state index contributed by atoms with van der Waals surface area (Å²) in [5.41, 5.74) is 5.17. The minimum absolute atomic E-state index is 0.0142. The SMILES string of the molecule is N#Cc1ccc(F)cc1C#CCNC(=O)OCC1c2ccccc2-c2ccccc21. The second kappa shape index (κ2) is 8.51. The van der Waals surface area contributed by atoms with Gasteiger partial charge < -0.3 is 10.1 Å². The van der Waals surface area contributed by atoms with Crippen LogP contribution in [0, 0.1) is 29.0 Å². The van der Waals surface area contributed by atoms with E-state index in [1.807, 2.05) is 30.3 Å². The van der Waals surface area contributed by atoms with Crippen LogP contribution in [0.25, 0.3) is 11.1 Å². The number of carbonyl (C=O) groups is 1. The number of hydrogen-bond donors (Lipinski definition) is 1. The van der Waals surface area contributed by atoms with Crippen molar-refractivity contribution in [3.05, 3.63) is 94.8 Å². The normalized spacial score (nSPS) is 11.5. The molecule has 30 heavy (non-hydrogen) atoms. The van der Waals surface area contributed by atoms with E-state index >= 15 is 0 Å². The molecule has 0 atom stereocenters. The molecule has 5 heteroatoms. The molecule has 0 radical (unpaired) electrons. The van der Waals surface area contributed by atoms with E-state index in [1.165, 1.54) is 18.2 Å². The van der Waals surface area contributed by atoms with E-state index in [9.17, 15) is 9.18 Å². The molecule has 1 aliphatic rings. The van der Waals surface area contributed by atoms with Crippen LogP contribution in [0.5, 0.6) is 0 Å². The Morgan fingerprint density at radius 1 is 1.00 bits per heavy atom. The average Bonchev–Trinajstić information content (AvgIpc) is 3.09. The zero-order chi connectivity index (χ0) is 20.9. The fourth-order valence-corrected chi connectivity index (χ4v) is 3.62. The number of nitrogens with zero attached hydrogens (tertiary/aromatic N) is 1. The summed E-state index contributed by atoms with van der Waals surface area (Å²) in [6.45, 7) is 0.244. The first-order chi connectivity index (χ1) is 14.7. The maximum Gasteiger partial charge on any atom is 0.407 e. The number of nitriles is 1. The smallest absolute Gasteiger partial charge is 0.407 e. The van der Waals surface area contributed by atoms with Gasteiger partial charge >= 0.3 is 6.09 Å². The Balaban J connectivity index is 1.37. The number of halogens is 1. The van der Waals surface area contributed by atoms with Crippen molar-refractivity contribution in [3.63, 3.8) is 0 Å². The van der Waals surface area contributed by atoms with Gasteiger partial charge in [0.05, 0.1) is 12.1 Å². The lowest BCUT2D eigenvalue weighted by molar-refractivity contribution is 0.144. The highest BCUT2D eigenvalue weighted by Gasteiger charge is 2.28. The number of carbonyl (C=O) groups excluding carboxylic acids is 1. The quantitative estimate of drug-likeness (QED) is 0.659. The zero-order valence-electron chi connectivity index (χ0n) is 16.0. The average molecular weight is 396 g/mol. The van der Waals surface area contributed by atoms with Gasteiger partial charge in [-0.3, -0.25) is 0 Å². The highest BCUT2D eigenvalue weighted by molar-refractivity contribution is 5.79. The van der Waals surface area contributed by atoms with Gasteiger partial charge in [0.1, 0.15) is 18.5 Å². The summed E-state index contributed by atoms with van der Waals surface area (Å²) < 4.78 is 18.7. The summed E-state index contributed by atoms with van der Waals surface area (Å²) in [4.78, 5) is 12.1. The Labute approximate surface area is 173 Å². The van der Waals surface area contributed by atoms with E-state index < -0.39 is 11.9 Å². The first-order valence-electron chi connectivity index (χ1n) is 9.44. The molecule has 0 spiro atoms. The van der Waals surface area contributed by atoms with Crippen LogP contribution in [0.2, 0.25) is 0 Å². The fourth-order valence-electron chi connectivity index (χ4n) is 3.62. The number of ether oxygens (including phenoxy) is 1. The standard InChI is InChI=1S/C25H17FN2O2/c26-19-12-11-18(15-27)17(14-19)6-5-13-28-25(29)30-16-24-22-9-3-1-7-20(22)21-8-2-4-10-23(21)24/h1-4,7-12,14,24H,13,16H2,(H,28,29). The number of hydrogen-bond acceptors (Lipinski definition) is 3. The lowest BCUT2D eigenvalue weighted by Crippen LogP contribution is -2.26. The molecule has 3 aromatic rings. The van der Waals surface area contributed by atoms with E-state index in [-0.39, 0.29) is 30.2 Å². The van der Waals surface area contributed by atoms with Crippen molar-refractivity contribution in [1.82, 2.24) is 5.32 Å². The minimum atomic E-state index is -0.578. The third-order valence-electron chi connectivity index (χ3n) is 4.99. The molecule has 0 aliphatic heterocycles. The molecule has 0 heterocycles. The predicted molar refractivity (Wildman–Crippen MR) is 111 cm³/mol. The Kier molecular flexibility index (Phi) is 5.46. The van der Waals surface area contributed by atoms with Crippen LogP contribution in [0.4, 0.5) is 9.18 Å². The van der Waals surface area contributed by atoms with Crippen LogP contribution in [0.15, 0.2) is 66.7 Å². The maximum absolute atomic E-state index is 13.3. The summed E-state index contributed by atoms with van der Waals surface area (Å²) in [7, 11) is 0. The molecule has 4 rings (SSSR count). The third-order valence-corrected chi connectivity index (χ3v) is 4.99. The van der Waals surface area contributed by atoms with Crippen molar-refractivity contribution < 1.29 is 13.9 Å². The van der Waals surface area contributed by atoms with Gasteiger partial charge in [0.25, 0.3) is 0 Å². The van der Waals surface area contributed by atoms with Crippen LogP contribution < -0.4 is 5.32 Å². The van der Waals surface area contributed by atoms with Gasteiger partial charge in [-0.15, -0.1) is 0 Å². The van der Waals surface area contributed by atoms with Gasteiger partial charge in [0.2, 0.25) is 0 Å². The van der Waals surface area contributed by atoms with Crippen LogP contribution in [0.3, 0.4) is 0 Å². The molecular formula is C25H17FN2O2. The Morgan fingerprint density at radius 3 is 2.33 bits per heavy atom. The molecule has 0 fully saturated rings. The molecule has 0 bridgehead atoms. The zero-order valence-corrected chi connectivity index (χ0v) is 16.0. The number of rotatable bonds is 3. The van der Waals surface area contributed by atoms with Crippen molar-refractivity contribution in [2.75, 3.05) is 13.2 Å². The van der Waals surface area contributed by atoms with Crippen molar-refractivity contribution in [2.45, 2.75) is 5.92 Å². The number of amides is 1. The second-order valence-corrected chi connectivity index (χ2v) is 6.78. The van der Waals surface area contributed by atoms with E-state index in [0.29, 0.717) is 0 Å². The Morgan fingerprint density at radius 2 is 1.67 bits per heavy atom. The Bertz CT molecular complexity index is 1170. The van der Waals surface area contributed by atoms with Crippen LogP contribution in [-0.2, 0) is 4.74 Å². The van der Waals surface area contributed by atoms with E-state index in [0.717, 1.165) is 22.3 Å². The summed E-state index contributed by atoms with van der Waals surface area (Å²) in [6, 6.07) is 22.0. The largest absolute Gasteiger partial charge is 0.449 e. The lowest BCUT2D eigenvalue weighted by atomic mass is 9.98. The van der Waals surface area contributed by atoms with E-state index in [4.69, 9.17) is 10.00 Å². The second-order valence-electron chi connectivity index (χ2n) is 6.78. The van der Waals surface area contributed by atoms with Crippen molar-refractivity contribution in [3.8, 4) is 29.0 Å². The molecule has 3 aromatic carbocycles. The molecule has 1 N–H and O–H groups in total. The monoisotopic (exact) mass is 396 g/mol. The molecule has 0 unspecified atom stereocenters. The predicted octanol–water partition coefficient (Wildman–Crippen LogP) is 4.59. The molecule has 1 amide bonds. The molecular weight excluding hydrogens is 379 g/mol. The highest BCUT2D eigenvalue weighted by Crippen LogP contribution is 2.44. The molecule has 0 aromatic heterocycles. The highest BCUT2D eigenvalue weighted by atomic mass is 19.1. The lowest BCUT2D eigenvalue weighted by Gasteiger charge is -2.14. The summed E-state index contributed by atoms with van der Waals surface area (Å²) in [5, 5.41) is 11.6. The van der Waals surface area contributed by atoms with Gasteiger partial charge in [-0.1, -0.05) is 60.4 Å². The maximum atomic E-state index is 13.3. The summed E-state index contributed by atoms with van der Waals surface area (Å²) >= 11 is 0. The van der Waals surface area contributed by atoms with Gasteiger partial charge in [-0.2, -0.15) is 5.26 Å². The molecule has 1 aliphatic carbocycles. The van der Waals surface area contributed by atoms with E-state index in [1.54, 1.807) is 0 Å². The fraction of sp³-hybridized carbons (Fsp3) is 0.120. The summed E-state index contributed by atoms with van der Waals surface area (Å²) in [5.74, 6) is 4.93. The number of nitrogens with one attached hydrogen (secondary N) is 1. The minimum Gasteiger partial charge on any atom is -0.449 e.